The van der Waals surface area contributed by atoms with Crippen LogP contribution in [0.2, 0.25) is 0 Å². The maximum absolute atomic E-state index is 13.4. The van der Waals surface area contributed by atoms with Crippen molar-refractivity contribution >= 4 is 23.9 Å². The van der Waals surface area contributed by atoms with Crippen molar-refractivity contribution in [2.75, 3.05) is 33.7 Å². The minimum absolute atomic E-state index is 0.0870. The molecule has 3 heterocycles. The lowest BCUT2D eigenvalue weighted by Crippen LogP contribution is -2.56. The Morgan fingerprint density at radius 1 is 1.34 bits per heavy atom. The zero-order valence-corrected chi connectivity index (χ0v) is 20.9. The lowest BCUT2D eigenvalue weighted by molar-refractivity contribution is -0.340. The number of nitriles is 1. The summed E-state index contributed by atoms with van der Waals surface area (Å²) in [6, 6.07) is 7.32. The number of aryl methyl sites for hydroxylation is 1. The van der Waals surface area contributed by atoms with Gasteiger partial charge in [0.05, 0.1) is 36.2 Å². The zero-order chi connectivity index (χ0) is 24.7. The van der Waals surface area contributed by atoms with Gasteiger partial charge in [0.15, 0.2) is 0 Å². The van der Waals surface area contributed by atoms with E-state index in [1.165, 1.54) is 28.2 Å². The van der Waals surface area contributed by atoms with Crippen LogP contribution in [-0.4, -0.2) is 89.5 Å². The summed E-state index contributed by atoms with van der Waals surface area (Å²) in [4.78, 5) is 38.0. The first kappa shape index (κ1) is 24.5. The fourth-order valence-electron chi connectivity index (χ4n) is 6.04. The number of piperazine rings is 1. The van der Waals surface area contributed by atoms with Gasteiger partial charge in [0.1, 0.15) is 6.04 Å². The molecule has 5 atom stereocenters. The van der Waals surface area contributed by atoms with E-state index in [2.05, 4.69) is 28.0 Å². The van der Waals surface area contributed by atoms with Gasteiger partial charge in [-0.25, -0.2) is 0 Å². The smallest absolute Gasteiger partial charge is 0.241 e. The summed E-state index contributed by atoms with van der Waals surface area (Å²) in [5.74, 6) is -0.0459. The fraction of sp³-hybridized carbons (Fsp3) is 0.625. The maximum Gasteiger partial charge on any atom is 0.241 e. The van der Waals surface area contributed by atoms with Crippen LogP contribution in [0.4, 0.5) is 0 Å². The van der Waals surface area contributed by atoms with Crippen molar-refractivity contribution < 1.29 is 18.9 Å². The normalized spacial score (nSPS) is 28.7. The molecule has 10 nitrogen and oxygen atoms in total. The van der Waals surface area contributed by atoms with Crippen molar-refractivity contribution in [3.05, 3.63) is 29.3 Å². The highest BCUT2D eigenvalue weighted by atomic mass is 32.2. The Balaban J connectivity index is 1.20. The molecule has 1 aromatic carbocycles. The van der Waals surface area contributed by atoms with Crippen LogP contribution in [-0.2, 0) is 25.3 Å². The third-order valence-corrected chi connectivity index (χ3v) is 8.13. The molecule has 5 rings (SSSR count). The number of carbonyl (C=O) groups is 2. The highest BCUT2D eigenvalue weighted by Gasteiger charge is 2.53. The number of hydrogen-bond acceptors (Lipinski definition) is 9. The Bertz CT molecular complexity index is 1030. The quantitative estimate of drug-likeness (QED) is 0.320. The summed E-state index contributed by atoms with van der Waals surface area (Å²) >= 11 is 1.17. The number of amides is 2. The number of carbonyl (C=O) groups excluding carboxylic acids is 2. The molecule has 2 amide bonds. The number of nitrogens with two attached hydrogens (primary N) is 1. The van der Waals surface area contributed by atoms with Gasteiger partial charge < -0.3 is 15.5 Å². The predicted molar refractivity (Wildman–Crippen MR) is 128 cm³/mol. The summed E-state index contributed by atoms with van der Waals surface area (Å²) in [7, 11) is 3.50. The molecule has 35 heavy (non-hydrogen) atoms. The number of benzene rings is 1. The Kier molecular flexibility index (Phi) is 7.03. The molecular weight excluding hydrogens is 468 g/mol. The third kappa shape index (κ3) is 4.67. The Morgan fingerprint density at radius 3 is 2.91 bits per heavy atom. The van der Waals surface area contributed by atoms with Crippen LogP contribution in [0.3, 0.4) is 0 Å². The highest BCUT2D eigenvalue weighted by molar-refractivity contribution is 7.94. The molecule has 3 saturated heterocycles. The Hall–Kier alpha value is -2.20. The van der Waals surface area contributed by atoms with Crippen molar-refractivity contribution in [3.8, 4) is 6.07 Å². The van der Waals surface area contributed by atoms with E-state index in [1.54, 1.807) is 19.0 Å². The summed E-state index contributed by atoms with van der Waals surface area (Å²) in [6.45, 7) is 1.67. The van der Waals surface area contributed by atoms with Gasteiger partial charge in [-0.3, -0.25) is 14.5 Å². The molecule has 0 radical (unpaired) electrons. The Labute approximate surface area is 210 Å². The van der Waals surface area contributed by atoms with E-state index in [0.29, 0.717) is 19.5 Å². The van der Waals surface area contributed by atoms with Gasteiger partial charge in [-0.05, 0) is 55.4 Å². The molecule has 3 fully saturated rings. The minimum Gasteiger partial charge on any atom is -0.330 e. The van der Waals surface area contributed by atoms with Crippen molar-refractivity contribution in [2.45, 2.75) is 67.2 Å². The Morgan fingerprint density at radius 2 is 2.17 bits per heavy atom. The average Bonchev–Trinajstić information content (AvgIpc) is 3.61. The summed E-state index contributed by atoms with van der Waals surface area (Å²) in [5, 5.41) is 10.8. The van der Waals surface area contributed by atoms with Crippen molar-refractivity contribution in [1.29, 1.82) is 5.26 Å². The lowest BCUT2D eigenvalue weighted by atomic mass is 10.1. The molecule has 2 bridgehead atoms. The topological polar surface area (TPSA) is 115 Å². The SMILES string of the molecule is CN(C)OOSc1ccc2c(c1)CC[C@@H]2N1C(=O)[C@H]2C[C@@H]1CN2C[C@H](N)C(=O)N1CCC[C@H]1C#N. The van der Waals surface area contributed by atoms with Gasteiger partial charge in [0, 0.05) is 44.7 Å². The molecule has 3 aliphatic heterocycles. The van der Waals surface area contributed by atoms with E-state index in [9.17, 15) is 14.9 Å². The molecule has 1 aliphatic carbocycles. The standard InChI is InChI=1S/C24H32N6O4S/c1-27(2)33-34-35-18-6-7-19-15(10-18)5-8-21(19)30-17-11-22(24(30)32)28(13-17)14-20(26)23(31)29-9-3-4-16(29)12-25/h6-7,10,16-17,20-22H,3-5,8-9,11,13-14,26H2,1-2H3/t16-,17+,20-,21-,22+/m0/s1. The predicted octanol–water partition coefficient (Wildman–Crippen LogP) is 1.23. The van der Waals surface area contributed by atoms with Crippen molar-refractivity contribution in [1.82, 2.24) is 19.8 Å². The average molecular weight is 501 g/mol. The molecule has 11 heteroatoms. The van der Waals surface area contributed by atoms with Crippen LogP contribution in [0.1, 0.15) is 42.9 Å². The molecule has 2 N–H and O–H groups in total. The number of nitrogens with zero attached hydrogens (tertiary/aromatic N) is 5. The van der Waals surface area contributed by atoms with E-state index >= 15 is 0 Å². The van der Waals surface area contributed by atoms with Gasteiger partial charge >= 0.3 is 0 Å². The summed E-state index contributed by atoms with van der Waals surface area (Å²) in [5.41, 5.74) is 8.71. The van der Waals surface area contributed by atoms with Crippen LogP contribution >= 0.6 is 12.0 Å². The van der Waals surface area contributed by atoms with Gasteiger partial charge in [-0.15, -0.1) is 9.32 Å². The lowest BCUT2D eigenvalue weighted by Gasteiger charge is -2.38. The summed E-state index contributed by atoms with van der Waals surface area (Å²) in [6.07, 6.45) is 4.15. The second-order valence-electron chi connectivity index (χ2n) is 9.98. The van der Waals surface area contributed by atoms with E-state index in [4.69, 9.17) is 15.1 Å². The highest BCUT2D eigenvalue weighted by Crippen LogP contribution is 2.44. The molecular formula is C24H32N6O4S. The van der Waals surface area contributed by atoms with Crippen LogP contribution < -0.4 is 5.73 Å². The van der Waals surface area contributed by atoms with Gasteiger partial charge in [0.25, 0.3) is 0 Å². The third-order valence-electron chi connectivity index (χ3n) is 7.55. The summed E-state index contributed by atoms with van der Waals surface area (Å²) < 4.78 is 5.15. The van der Waals surface area contributed by atoms with Crippen LogP contribution in [0.5, 0.6) is 0 Å². The van der Waals surface area contributed by atoms with Crippen molar-refractivity contribution in [2.24, 2.45) is 5.73 Å². The van der Waals surface area contributed by atoms with E-state index < -0.39 is 6.04 Å². The molecule has 0 saturated carbocycles. The second kappa shape index (κ2) is 10.0. The van der Waals surface area contributed by atoms with Crippen molar-refractivity contribution in [3.63, 3.8) is 0 Å². The molecule has 1 aromatic rings. The maximum atomic E-state index is 13.4. The minimum atomic E-state index is -0.716. The first-order chi connectivity index (χ1) is 16.9. The largest absolute Gasteiger partial charge is 0.330 e. The first-order valence-electron chi connectivity index (χ1n) is 12.2. The number of hydrogen-bond donors (Lipinski definition) is 1. The molecule has 0 spiro atoms. The van der Waals surface area contributed by atoms with Gasteiger partial charge in [0.2, 0.25) is 11.8 Å². The van der Waals surface area contributed by atoms with E-state index in [-0.39, 0.29) is 36.0 Å². The molecule has 0 unspecified atom stereocenters. The number of rotatable bonds is 8. The van der Waals surface area contributed by atoms with Gasteiger partial charge in [-0.1, -0.05) is 6.07 Å². The first-order valence-corrected chi connectivity index (χ1v) is 12.9. The van der Waals surface area contributed by atoms with Crippen LogP contribution in [0, 0.1) is 11.3 Å². The number of likely N-dealkylation sites (tertiary alicyclic amines) is 3. The van der Waals surface area contributed by atoms with E-state index in [1.807, 2.05) is 6.07 Å². The number of hydroxylamine groups is 2. The zero-order valence-electron chi connectivity index (χ0n) is 20.1. The number of fused-ring (bicyclic) bond motifs is 3. The van der Waals surface area contributed by atoms with Crippen LogP contribution in [0.25, 0.3) is 0 Å². The molecule has 188 valence electrons. The van der Waals surface area contributed by atoms with Crippen LogP contribution in [0.15, 0.2) is 23.1 Å². The van der Waals surface area contributed by atoms with Gasteiger partial charge in [-0.2, -0.15) is 10.3 Å². The molecule has 0 aromatic heterocycles. The monoisotopic (exact) mass is 500 g/mol. The fourth-order valence-corrected chi connectivity index (χ4v) is 6.58. The second-order valence-corrected chi connectivity index (χ2v) is 10.8. The van der Waals surface area contributed by atoms with E-state index in [0.717, 1.165) is 37.1 Å². The molecule has 4 aliphatic rings.